The van der Waals surface area contributed by atoms with E-state index in [1.807, 2.05) is 60.7 Å². The zero-order chi connectivity index (χ0) is 32.1. The summed E-state index contributed by atoms with van der Waals surface area (Å²) in [4.78, 5) is 26.6. The molecule has 2 aliphatic rings. The van der Waals surface area contributed by atoms with E-state index in [0.29, 0.717) is 23.0 Å². The minimum absolute atomic E-state index is 0.0410. The van der Waals surface area contributed by atoms with Crippen LogP contribution < -0.4 is 0 Å². The summed E-state index contributed by atoms with van der Waals surface area (Å²) < 4.78 is 11.8. The molecule has 0 radical (unpaired) electrons. The Labute approximate surface area is 277 Å². The highest BCUT2D eigenvalue weighted by molar-refractivity contribution is 5.90. The van der Waals surface area contributed by atoms with E-state index in [9.17, 15) is 9.59 Å². The third-order valence-electron chi connectivity index (χ3n) is 10.6. The van der Waals surface area contributed by atoms with E-state index in [4.69, 9.17) is 9.47 Å². The first-order valence-electron chi connectivity index (χ1n) is 18.2. The summed E-state index contributed by atoms with van der Waals surface area (Å²) in [6, 6.07) is 25.4. The molecular formula is C42H54O4. The molecule has 3 aromatic rings. The van der Waals surface area contributed by atoms with Gasteiger partial charge in [0, 0.05) is 0 Å². The van der Waals surface area contributed by atoms with Crippen molar-refractivity contribution in [2.45, 2.75) is 122 Å². The second-order valence-corrected chi connectivity index (χ2v) is 13.9. The molecule has 0 bridgehead atoms. The molecule has 4 nitrogen and oxygen atoms in total. The summed E-state index contributed by atoms with van der Waals surface area (Å²) in [5.74, 6) is 1.99. The largest absolute Gasteiger partial charge is 0.458 e. The van der Waals surface area contributed by atoms with Gasteiger partial charge in [-0.05, 0) is 116 Å². The zero-order valence-corrected chi connectivity index (χ0v) is 28.1. The Balaban J connectivity index is 1.17. The van der Waals surface area contributed by atoms with Gasteiger partial charge in [0.25, 0.3) is 0 Å². The van der Waals surface area contributed by atoms with Crippen molar-refractivity contribution in [3.63, 3.8) is 0 Å². The first-order valence-corrected chi connectivity index (χ1v) is 18.2. The van der Waals surface area contributed by atoms with Crippen molar-refractivity contribution >= 4 is 11.9 Å². The minimum atomic E-state index is -0.697. The fraction of sp³-hybridized carbons (Fsp3) is 0.524. The monoisotopic (exact) mass is 622 g/mol. The number of unbranched alkanes of at least 4 members (excludes halogenated alkanes) is 2. The predicted octanol–water partition coefficient (Wildman–Crippen LogP) is 11.4. The van der Waals surface area contributed by atoms with Crippen molar-refractivity contribution in [1.82, 2.24) is 0 Å². The molecule has 5 rings (SSSR count). The van der Waals surface area contributed by atoms with Crippen LogP contribution in [0, 0.1) is 11.8 Å². The van der Waals surface area contributed by atoms with E-state index in [0.717, 1.165) is 17.4 Å². The van der Waals surface area contributed by atoms with Gasteiger partial charge >= 0.3 is 11.9 Å². The summed E-state index contributed by atoms with van der Waals surface area (Å²) in [6.45, 7) is 4.49. The summed E-state index contributed by atoms with van der Waals surface area (Å²) >= 11 is 0. The molecule has 0 saturated heterocycles. The number of hydrogen-bond donors (Lipinski definition) is 0. The first kappa shape index (κ1) is 33.9. The van der Waals surface area contributed by atoms with E-state index in [1.165, 1.54) is 101 Å². The normalized spacial score (nSPS) is 22.1. The molecule has 0 aliphatic heterocycles. The van der Waals surface area contributed by atoms with Gasteiger partial charge in [0.1, 0.15) is 6.61 Å². The lowest BCUT2D eigenvalue weighted by atomic mass is 9.77. The lowest BCUT2D eigenvalue weighted by Crippen LogP contribution is -2.19. The summed E-state index contributed by atoms with van der Waals surface area (Å²) in [6.07, 6.45) is 17.2. The molecule has 2 fully saturated rings. The Morgan fingerprint density at radius 1 is 0.630 bits per heavy atom. The quantitative estimate of drug-likeness (QED) is 0.168. The number of ether oxygens (including phenoxy) is 2. The van der Waals surface area contributed by atoms with Crippen LogP contribution in [0.3, 0.4) is 0 Å². The molecule has 2 saturated carbocycles. The highest BCUT2D eigenvalue weighted by Crippen LogP contribution is 2.39. The van der Waals surface area contributed by atoms with Crippen LogP contribution in [-0.4, -0.2) is 18.5 Å². The van der Waals surface area contributed by atoms with Crippen LogP contribution in [0.5, 0.6) is 0 Å². The second-order valence-electron chi connectivity index (χ2n) is 13.9. The van der Waals surface area contributed by atoms with Gasteiger partial charge in [0.2, 0.25) is 0 Å². The molecule has 1 atom stereocenters. The third-order valence-corrected chi connectivity index (χ3v) is 10.6. The van der Waals surface area contributed by atoms with E-state index in [1.54, 1.807) is 0 Å². The fourth-order valence-electron chi connectivity index (χ4n) is 7.66. The van der Waals surface area contributed by atoms with Gasteiger partial charge in [0.15, 0.2) is 6.10 Å². The number of rotatable bonds is 14. The predicted molar refractivity (Wildman–Crippen MR) is 186 cm³/mol. The molecule has 0 aromatic heterocycles. The van der Waals surface area contributed by atoms with Crippen LogP contribution in [0.2, 0.25) is 0 Å². The Kier molecular flexibility index (Phi) is 12.9. The topological polar surface area (TPSA) is 52.6 Å². The van der Waals surface area contributed by atoms with Gasteiger partial charge in [-0.1, -0.05) is 107 Å². The fourth-order valence-corrected chi connectivity index (χ4v) is 7.66. The van der Waals surface area contributed by atoms with Gasteiger partial charge in [-0.15, -0.1) is 0 Å². The van der Waals surface area contributed by atoms with Crippen LogP contribution in [-0.2, 0) is 9.47 Å². The maximum atomic E-state index is 13.3. The first-order chi connectivity index (χ1) is 22.5. The molecular weight excluding hydrogens is 568 g/mol. The molecule has 1 unspecified atom stereocenters. The van der Waals surface area contributed by atoms with Crippen LogP contribution in [0.4, 0.5) is 0 Å². The van der Waals surface area contributed by atoms with E-state index in [-0.39, 0.29) is 12.6 Å². The smallest absolute Gasteiger partial charge is 0.338 e. The Bertz CT molecular complexity index is 1350. The van der Waals surface area contributed by atoms with E-state index >= 15 is 0 Å². The number of benzene rings is 3. The Hall–Kier alpha value is -3.40. The highest BCUT2D eigenvalue weighted by atomic mass is 16.6. The second kappa shape index (κ2) is 17.5. The maximum absolute atomic E-state index is 13.3. The average Bonchev–Trinajstić information content (AvgIpc) is 3.12. The van der Waals surface area contributed by atoms with Crippen LogP contribution in [0.1, 0.15) is 159 Å². The summed E-state index contributed by atoms with van der Waals surface area (Å²) in [7, 11) is 0. The highest BCUT2D eigenvalue weighted by Gasteiger charge is 2.25. The molecule has 0 N–H and O–H groups in total. The number of carbonyl (C=O) groups is 2. The SMILES string of the molecule is CCCCC1CCC(c2ccc(C(=O)OC(COC(=O)c3cccc(C4CCC(CCCC)CC4)c3)c3ccccc3)cc2)CC1. The van der Waals surface area contributed by atoms with E-state index in [2.05, 4.69) is 32.0 Å². The van der Waals surface area contributed by atoms with Crippen molar-refractivity contribution in [3.05, 3.63) is 107 Å². The van der Waals surface area contributed by atoms with Gasteiger partial charge < -0.3 is 9.47 Å². The van der Waals surface area contributed by atoms with Crippen molar-refractivity contribution in [2.75, 3.05) is 6.61 Å². The molecule has 0 heterocycles. The number of carbonyl (C=O) groups excluding carboxylic acids is 2. The number of esters is 2. The van der Waals surface area contributed by atoms with Crippen molar-refractivity contribution in [1.29, 1.82) is 0 Å². The molecule has 246 valence electrons. The zero-order valence-electron chi connectivity index (χ0n) is 28.1. The number of hydrogen-bond acceptors (Lipinski definition) is 4. The molecule has 46 heavy (non-hydrogen) atoms. The lowest BCUT2D eigenvalue weighted by molar-refractivity contribution is -0.00134. The van der Waals surface area contributed by atoms with E-state index < -0.39 is 12.1 Å². The molecule has 4 heteroatoms. The van der Waals surface area contributed by atoms with Crippen LogP contribution in [0.25, 0.3) is 0 Å². The Morgan fingerprint density at radius 3 is 1.80 bits per heavy atom. The maximum Gasteiger partial charge on any atom is 0.338 e. The van der Waals surface area contributed by atoms with Crippen molar-refractivity contribution < 1.29 is 19.1 Å². The summed E-state index contributed by atoms with van der Waals surface area (Å²) in [5.41, 5.74) is 4.41. The Morgan fingerprint density at radius 2 is 1.22 bits per heavy atom. The van der Waals surface area contributed by atoms with Gasteiger partial charge in [-0.25, -0.2) is 9.59 Å². The summed E-state index contributed by atoms with van der Waals surface area (Å²) in [5, 5.41) is 0. The lowest BCUT2D eigenvalue weighted by Gasteiger charge is -2.29. The average molecular weight is 623 g/mol. The van der Waals surface area contributed by atoms with Crippen LogP contribution >= 0.6 is 0 Å². The third kappa shape index (κ3) is 9.56. The van der Waals surface area contributed by atoms with Gasteiger partial charge in [-0.3, -0.25) is 0 Å². The van der Waals surface area contributed by atoms with Gasteiger partial charge in [0.05, 0.1) is 11.1 Å². The molecule has 0 amide bonds. The molecule has 0 spiro atoms. The molecule has 2 aliphatic carbocycles. The standard InChI is InChI=1S/C42H54O4/c1-3-5-11-31-17-21-33(22-18-31)34-25-27-37(28-26-34)42(44)46-40(36-13-8-7-9-14-36)30-45-41(43)39-16-10-15-38(29-39)35-23-19-32(20-24-35)12-6-4-2/h7-10,13-16,25-29,31-33,35,40H,3-6,11-12,17-24,30H2,1-2H3. The minimum Gasteiger partial charge on any atom is -0.458 e. The van der Waals surface area contributed by atoms with Crippen molar-refractivity contribution in [3.8, 4) is 0 Å². The van der Waals surface area contributed by atoms with Crippen LogP contribution in [0.15, 0.2) is 78.9 Å². The van der Waals surface area contributed by atoms with Gasteiger partial charge in [-0.2, -0.15) is 0 Å². The van der Waals surface area contributed by atoms with Crippen molar-refractivity contribution in [2.24, 2.45) is 11.8 Å². The molecule has 3 aromatic carbocycles.